The highest BCUT2D eigenvalue weighted by atomic mass is 32.2. The predicted octanol–water partition coefficient (Wildman–Crippen LogP) is 3.87. The molecule has 2 heterocycles. The molecular formula is C21H29N3O6S2. The first-order valence-electron chi connectivity index (χ1n) is 10.1. The number of nitrogens with two attached hydrogens (primary N) is 1. The zero-order chi connectivity index (χ0) is 24.3. The SMILES string of the molecule is CC(C)(C)OC(=O)N(C(=O)O)C1=N[C@]2(C)c3cc(N)ccc3SCC[C@H]2S(=O)(=O)C1(C)C. The predicted molar refractivity (Wildman–Crippen MR) is 124 cm³/mol. The number of ether oxygens (including phenoxy) is 1. The summed E-state index contributed by atoms with van der Waals surface area (Å²) in [7, 11) is -4.00. The van der Waals surface area contributed by atoms with E-state index in [4.69, 9.17) is 15.5 Å². The molecule has 3 rings (SSSR count). The van der Waals surface area contributed by atoms with Gasteiger partial charge in [-0.15, -0.1) is 11.8 Å². The summed E-state index contributed by atoms with van der Waals surface area (Å²) >= 11 is 1.50. The van der Waals surface area contributed by atoms with Crippen molar-refractivity contribution in [3.05, 3.63) is 23.8 Å². The molecule has 9 nitrogen and oxygen atoms in total. The highest BCUT2D eigenvalue weighted by Gasteiger charge is 2.60. The van der Waals surface area contributed by atoms with Gasteiger partial charge in [0.2, 0.25) is 0 Å². The van der Waals surface area contributed by atoms with Gasteiger partial charge < -0.3 is 15.6 Å². The van der Waals surface area contributed by atoms with Crippen molar-refractivity contribution in [2.75, 3.05) is 11.5 Å². The van der Waals surface area contributed by atoms with Gasteiger partial charge in [0.05, 0.1) is 5.25 Å². The first kappa shape index (κ1) is 24.4. The second-order valence-electron chi connectivity index (χ2n) is 9.62. The molecule has 3 N–H and O–H groups in total. The summed E-state index contributed by atoms with van der Waals surface area (Å²) in [5.74, 6) is 0.157. The maximum Gasteiger partial charge on any atom is 0.425 e. The normalized spacial score (nSPS) is 26.1. The molecule has 0 bridgehead atoms. The first-order chi connectivity index (χ1) is 14.5. The van der Waals surface area contributed by atoms with Crippen molar-refractivity contribution < 1.29 is 27.9 Å². The molecule has 0 spiro atoms. The zero-order valence-corrected chi connectivity index (χ0v) is 20.6. The Morgan fingerprint density at radius 1 is 1.28 bits per heavy atom. The van der Waals surface area contributed by atoms with Crippen LogP contribution in [0.5, 0.6) is 0 Å². The Balaban J connectivity index is 2.33. The van der Waals surface area contributed by atoms with Crippen molar-refractivity contribution in [1.29, 1.82) is 0 Å². The number of hydrogen-bond acceptors (Lipinski definition) is 8. The highest BCUT2D eigenvalue weighted by molar-refractivity contribution is 7.99. The highest BCUT2D eigenvalue weighted by Crippen LogP contribution is 2.50. The number of fused-ring (bicyclic) bond motifs is 3. The third-order valence-corrected chi connectivity index (χ3v) is 9.91. The Kier molecular flexibility index (Phi) is 5.83. The molecule has 0 radical (unpaired) electrons. The number of carboxylic acid groups (broad SMARTS) is 1. The van der Waals surface area contributed by atoms with E-state index in [9.17, 15) is 23.1 Å². The summed E-state index contributed by atoms with van der Waals surface area (Å²) < 4.78 is 31.3. The molecule has 0 fully saturated rings. The fourth-order valence-electron chi connectivity index (χ4n) is 4.11. The van der Waals surface area contributed by atoms with Crippen molar-refractivity contribution in [3.8, 4) is 0 Å². The van der Waals surface area contributed by atoms with E-state index in [0.717, 1.165) is 4.90 Å². The lowest BCUT2D eigenvalue weighted by Crippen LogP contribution is -2.63. The van der Waals surface area contributed by atoms with Crippen LogP contribution >= 0.6 is 11.8 Å². The third-order valence-electron chi connectivity index (χ3n) is 5.76. The van der Waals surface area contributed by atoms with Crippen LogP contribution in [0.25, 0.3) is 0 Å². The van der Waals surface area contributed by atoms with Crippen LogP contribution < -0.4 is 5.73 Å². The fourth-order valence-corrected chi connectivity index (χ4v) is 7.73. The number of anilines is 1. The molecular weight excluding hydrogens is 454 g/mol. The average Bonchev–Trinajstić information content (AvgIpc) is 2.76. The van der Waals surface area contributed by atoms with Crippen LogP contribution in [-0.4, -0.2) is 57.8 Å². The standard InChI is InChI=1S/C21H29N3O6S2/c1-19(2,3)30-18(27)24(17(25)26)16-20(4,5)32(28,29)15-9-10-31-14-8-7-12(22)11-13(14)21(15,6)23-16/h7-8,11,15H,9-10,22H2,1-6H3,(H,25,26)/t15-,21-/m1/s1. The molecule has 0 aliphatic carbocycles. The van der Waals surface area contributed by atoms with E-state index in [0.29, 0.717) is 28.3 Å². The number of rotatable bonds is 0. The van der Waals surface area contributed by atoms with E-state index in [1.54, 1.807) is 39.8 Å². The van der Waals surface area contributed by atoms with E-state index < -0.39 is 49.0 Å². The quantitative estimate of drug-likeness (QED) is 0.530. The molecule has 0 saturated heterocycles. The Morgan fingerprint density at radius 2 is 1.91 bits per heavy atom. The number of imide groups is 1. The molecule has 2 amide bonds. The van der Waals surface area contributed by atoms with E-state index in [1.807, 2.05) is 6.07 Å². The van der Waals surface area contributed by atoms with Gasteiger partial charge in [-0.2, -0.15) is 4.90 Å². The van der Waals surface area contributed by atoms with Crippen LogP contribution in [0.15, 0.2) is 28.1 Å². The molecule has 32 heavy (non-hydrogen) atoms. The second-order valence-corrected chi connectivity index (χ2v) is 13.4. The molecule has 1 aromatic carbocycles. The monoisotopic (exact) mass is 483 g/mol. The van der Waals surface area contributed by atoms with Gasteiger partial charge in [-0.1, -0.05) is 0 Å². The maximum absolute atomic E-state index is 13.9. The minimum Gasteiger partial charge on any atom is -0.464 e. The maximum atomic E-state index is 13.9. The summed E-state index contributed by atoms with van der Waals surface area (Å²) in [6, 6.07) is 5.22. The van der Waals surface area contributed by atoms with Crippen LogP contribution in [-0.2, 0) is 20.1 Å². The molecule has 0 saturated carbocycles. The summed E-state index contributed by atoms with van der Waals surface area (Å²) in [5.41, 5.74) is 4.71. The number of benzene rings is 1. The van der Waals surface area contributed by atoms with E-state index in [2.05, 4.69) is 0 Å². The van der Waals surface area contributed by atoms with Crippen LogP contribution in [0.3, 0.4) is 0 Å². The number of amidine groups is 1. The second kappa shape index (κ2) is 7.65. The lowest BCUT2D eigenvalue weighted by Gasteiger charge is -2.46. The van der Waals surface area contributed by atoms with E-state index >= 15 is 0 Å². The number of nitrogens with zero attached hydrogens (tertiary/aromatic N) is 2. The Hall–Kier alpha value is -2.27. The minimum absolute atomic E-state index is 0.314. The zero-order valence-electron chi connectivity index (χ0n) is 19.0. The lowest BCUT2D eigenvalue weighted by atomic mass is 9.86. The van der Waals surface area contributed by atoms with Gasteiger partial charge in [-0.25, -0.2) is 18.0 Å². The Morgan fingerprint density at radius 3 is 2.47 bits per heavy atom. The number of carbonyl (C=O) groups excluding carboxylic acids is 1. The number of hydrogen-bond donors (Lipinski definition) is 2. The first-order valence-corrected chi connectivity index (χ1v) is 12.7. The van der Waals surface area contributed by atoms with Gasteiger partial charge in [-0.05, 0) is 77.5 Å². The molecule has 2 aliphatic heterocycles. The largest absolute Gasteiger partial charge is 0.464 e. The fraction of sp³-hybridized carbons (Fsp3) is 0.571. The van der Waals surface area contributed by atoms with Gasteiger partial charge in [0.1, 0.15) is 21.7 Å². The third kappa shape index (κ3) is 3.85. The number of aliphatic imine (C=N–C) groups is 1. The number of amides is 2. The van der Waals surface area contributed by atoms with E-state index in [-0.39, 0.29) is 0 Å². The van der Waals surface area contributed by atoms with Crippen molar-refractivity contribution in [1.82, 2.24) is 4.90 Å². The number of carbonyl (C=O) groups is 2. The summed E-state index contributed by atoms with van der Waals surface area (Å²) in [4.78, 5) is 30.9. The summed E-state index contributed by atoms with van der Waals surface area (Å²) in [5, 5.41) is 8.98. The van der Waals surface area contributed by atoms with Gasteiger partial charge in [0.25, 0.3) is 0 Å². The van der Waals surface area contributed by atoms with Crippen molar-refractivity contribution in [2.45, 2.75) is 74.0 Å². The number of thioether (sulfide) groups is 1. The van der Waals surface area contributed by atoms with Crippen LogP contribution in [0.1, 0.15) is 53.5 Å². The van der Waals surface area contributed by atoms with Crippen LogP contribution in [0.4, 0.5) is 15.3 Å². The number of nitrogen functional groups attached to an aromatic ring is 1. The van der Waals surface area contributed by atoms with Gasteiger partial charge >= 0.3 is 12.2 Å². The average molecular weight is 484 g/mol. The molecule has 0 unspecified atom stereocenters. The molecule has 0 aromatic heterocycles. The molecule has 2 atom stereocenters. The van der Waals surface area contributed by atoms with Crippen LogP contribution in [0.2, 0.25) is 0 Å². The van der Waals surface area contributed by atoms with Crippen molar-refractivity contribution in [2.24, 2.45) is 4.99 Å². The molecule has 1 aromatic rings. The van der Waals surface area contributed by atoms with Crippen molar-refractivity contribution in [3.63, 3.8) is 0 Å². The van der Waals surface area contributed by atoms with E-state index in [1.165, 1.54) is 25.6 Å². The minimum atomic E-state index is -4.00. The Bertz CT molecular complexity index is 1110. The summed E-state index contributed by atoms with van der Waals surface area (Å²) in [6.07, 6.45) is -2.55. The van der Waals surface area contributed by atoms with Gasteiger partial charge in [0, 0.05) is 10.6 Å². The molecule has 2 aliphatic rings. The molecule has 11 heteroatoms. The smallest absolute Gasteiger partial charge is 0.425 e. The number of sulfone groups is 1. The van der Waals surface area contributed by atoms with Gasteiger partial charge in [-0.3, -0.25) is 4.99 Å². The van der Waals surface area contributed by atoms with Crippen molar-refractivity contribution >= 4 is 45.3 Å². The topological polar surface area (TPSA) is 139 Å². The lowest BCUT2D eigenvalue weighted by molar-refractivity contribution is 0.0372. The Labute approximate surface area is 192 Å². The van der Waals surface area contributed by atoms with Crippen LogP contribution in [0, 0.1) is 0 Å². The molecule has 176 valence electrons. The summed E-state index contributed by atoms with van der Waals surface area (Å²) in [6.45, 7) is 9.18. The van der Waals surface area contributed by atoms with Gasteiger partial charge in [0.15, 0.2) is 9.84 Å².